The van der Waals surface area contributed by atoms with Crippen molar-refractivity contribution in [3.63, 3.8) is 0 Å². The smallest absolute Gasteiger partial charge is 0.356 e. The molecule has 1 aliphatic heterocycles. The van der Waals surface area contributed by atoms with Gasteiger partial charge in [0, 0.05) is 37.1 Å². The number of alkyl halides is 3. The van der Waals surface area contributed by atoms with Crippen molar-refractivity contribution in [2.24, 2.45) is 0 Å². The second-order valence-corrected chi connectivity index (χ2v) is 4.85. The second kappa shape index (κ2) is 4.81. The first-order chi connectivity index (χ1) is 9.54. The molecule has 0 aromatic carbocycles. The molecule has 1 fully saturated rings. The molecule has 20 heavy (non-hydrogen) atoms. The predicted molar refractivity (Wildman–Crippen MR) is 67.4 cm³/mol. The SMILES string of the molecule is FC(F)(F)c1ccc(N2CC[C@@H](c3ccn[nH]3)C2)nc1. The summed E-state index contributed by atoms with van der Waals surface area (Å²) in [7, 11) is 0. The first-order valence-corrected chi connectivity index (χ1v) is 6.31. The number of rotatable bonds is 2. The number of halogens is 3. The predicted octanol–water partition coefficient (Wildman–Crippen LogP) is 2.82. The summed E-state index contributed by atoms with van der Waals surface area (Å²) in [4.78, 5) is 5.91. The Morgan fingerprint density at radius 1 is 1.25 bits per heavy atom. The molecule has 4 nitrogen and oxygen atoms in total. The lowest BCUT2D eigenvalue weighted by Gasteiger charge is -2.17. The fourth-order valence-corrected chi connectivity index (χ4v) is 2.46. The molecule has 0 aliphatic carbocycles. The number of pyridine rings is 1. The van der Waals surface area contributed by atoms with Gasteiger partial charge >= 0.3 is 6.18 Å². The van der Waals surface area contributed by atoms with Crippen molar-refractivity contribution in [3.05, 3.63) is 41.9 Å². The Kier molecular flexibility index (Phi) is 3.11. The van der Waals surface area contributed by atoms with Gasteiger partial charge in [-0.05, 0) is 24.6 Å². The van der Waals surface area contributed by atoms with Crippen LogP contribution in [0.3, 0.4) is 0 Å². The number of aromatic nitrogens is 3. The molecular formula is C13H13F3N4. The zero-order valence-corrected chi connectivity index (χ0v) is 10.6. The van der Waals surface area contributed by atoms with Gasteiger partial charge in [0.05, 0.1) is 5.56 Å². The van der Waals surface area contributed by atoms with Crippen LogP contribution in [0.5, 0.6) is 0 Å². The standard InChI is InChI=1S/C13H13F3N4/c14-13(15,16)10-1-2-12(17-7-10)20-6-4-9(8-20)11-3-5-18-19-11/h1-3,5,7,9H,4,6,8H2,(H,18,19)/t9-/m1/s1. The summed E-state index contributed by atoms with van der Waals surface area (Å²) in [5.74, 6) is 0.904. The maximum Gasteiger partial charge on any atom is 0.417 e. The Balaban J connectivity index is 1.72. The molecule has 0 bridgehead atoms. The van der Waals surface area contributed by atoms with E-state index >= 15 is 0 Å². The molecule has 2 aromatic heterocycles. The lowest BCUT2D eigenvalue weighted by atomic mass is 10.1. The minimum absolute atomic E-state index is 0.321. The number of hydrogen-bond donors (Lipinski definition) is 1. The summed E-state index contributed by atoms with van der Waals surface area (Å²) >= 11 is 0. The van der Waals surface area contributed by atoms with Crippen LogP contribution < -0.4 is 4.90 Å². The van der Waals surface area contributed by atoms with Crippen LogP contribution in [-0.4, -0.2) is 28.3 Å². The lowest BCUT2D eigenvalue weighted by molar-refractivity contribution is -0.137. The van der Waals surface area contributed by atoms with Crippen LogP contribution in [0.1, 0.15) is 23.6 Å². The summed E-state index contributed by atoms with van der Waals surface area (Å²) in [5, 5.41) is 6.85. The maximum absolute atomic E-state index is 12.5. The number of H-pyrrole nitrogens is 1. The van der Waals surface area contributed by atoms with Gasteiger partial charge in [0.2, 0.25) is 0 Å². The van der Waals surface area contributed by atoms with Crippen LogP contribution in [0.4, 0.5) is 19.0 Å². The molecule has 0 amide bonds. The Hall–Kier alpha value is -2.05. The van der Waals surface area contributed by atoms with Crippen molar-refractivity contribution < 1.29 is 13.2 Å². The highest BCUT2D eigenvalue weighted by molar-refractivity contribution is 5.42. The Labute approximate surface area is 113 Å². The van der Waals surface area contributed by atoms with Crippen LogP contribution in [0.2, 0.25) is 0 Å². The summed E-state index contributed by atoms with van der Waals surface area (Å²) in [6.07, 6.45) is -0.812. The summed E-state index contributed by atoms with van der Waals surface area (Å²) in [6, 6.07) is 4.43. The second-order valence-electron chi connectivity index (χ2n) is 4.85. The van der Waals surface area contributed by atoms with Gasteiger partial charge < -0.3 is 4.90 Å². The molecule has 3 heterocycles. The van der Waals surface area contributed by atoms with Crippen LogP contribution in [0.15, 0.2) is 30.6 Å². The van der Waals surface area contributed by atoms with Crippen molar-refractivity contribution in [2.45, 2.75) is 18.5 Å². The molecule has 1 saturated heterocycles. The van der Waals surface area contributed by atoms with E-state index < -0.39 is 11.7 Å². The lowest BCUT2D eigenvalue weighted by Crippen LogP contribution is -2.20. The number of nitrogens with one attached hydrogen (secondary N) is 1. The molecule has 106 valence electrons. The molecule has 1 N–H and O–H groups in total. The number of hydrogen-bond acceptors (Lipinski definition) is 3. The Morgan fingerprint density at radius 2 is 2.10 bits per heavy atom. The molecule has 1 aliphatic rings. The first kappa shape index (κ1) is 13.0. The van der Waals surface area contributed by atoms with E-state index in [0.717, 1.165) is 37.5 Å². The highest BCUT2D eigenvalue weighted by Crippen LogP contribution is 2.32. The number of aromatic amines is 1. The van der Waals surface area contributed by atoms with E-state index in [-0.39, 0.29) is 0 Å². The largest absolute Gasteiger partial charge is 0.417 e. The molecule has 3 rings (SSSR count). The van der Waals surface area contributed by atoms with Crippen molar-refractivity contribution in [2.75, 3.05) is 18.0 Å². The van der Waals surface area contributed by atoms with Crippen molar-refractivity contribution in [3.8, 4) is 0 Å². The zero-order valence-electron chi connectivity index (χ0n) is 10.6. The van der Waals surface area contributed by atoms with Gasteiger partial charge in [0.1, 0.15) is 5.82 Å². The third-order valence-electron chi connectivity index (χ3n) is 3.55. The van der Waals surface area contributed by atoms with E-state index in [0.29, 0.717) is 11.7 Å². The molecule has 0 unspecified atom stereocenters. The van der Waals surface area contributed by atoms with E-state index in [2.05, 4.69) is 15.2 Å². The van der Waals surface area contributed by atoms with E-state index in [1.54, 1.807) is 6.20 Å². The van der Waals surface area contributed by atoms with Gasteiger partial charge in [-0.1, -0.05) is 0 Å². The first-order valence-electron chi connectivity index (χ1n) is 6.31. The van der Waals surface area contributed by atoms with Gasteiger partial charge in [-0.2, -0.15) is 18.3 Å². The third kappa shape index (κ3) is 2.48. The van der Waals surface area contributed by atoms with Gasteiger partial charge in [0.15, 0.2) is 0 Å². The molecule has 2 aromatic rings. The quantitative estimate of drug-likeness (QED) is 0.921. The normalized spacial score (nSPS) is 19.6. The molecular weight excluding hydrogens is 269 g/mol. The number of anilines is 1. The fraction of sp³-hybridized carbons (Fsp3) is 0.385. The molecule has 0 spiro atoms. The summed E-state index contributed by atoms with van der Waals surface area (Å²) < 4.78 is 37.4. The maximum atomic E-state index is 12.5. The topological polar surface area (TPSA) is 44.8 Å². The van der Waals surface area contributed by atoms with E-state index in [1.165, 1.54) is 6.07 Å². The Bertz CT molecular complexity index is 562. The van der Waals surface area contributed by atoms with Crippen molar-refractivity contribution in [1.29, 1.82) is 0 Å². The molecule has 7 heteroatoms. The average molecular weight is 282 g/mol. The Morgan fingerprint density at radius 3 is 2.70 bits per heavy atom. The van der Waals surface area contributed by atoms with Gasteiger partial charge in [-0.25, -0.2) is 4.98 Å². The summed E-state index contributed by atoms with van der Waals surface area (Å²) in [6.45, 7) is 1.52. The van der Waals surface area contributed by atoms with Crippen molar-refractivity contribution >= 4 is 5.82 Å². The minimum Gasteiger partial charge on any atom is -0.356 e. The van der Waals surface area contributed by atoms with Gasteiger partial charge in [-0.3, -0.25) is 5.10 Å². The highest BCUT2D eigenvalue weighted by atomic mass is 19.4. The van der Waals surface area contributed by atoms with Gasteiger partial charge in [0.25, 0.3) is 0 Å². The molecule has 0 radical (unpaired) electrons. The summed E-state index contributed by atoms with van der Waals surface area (Å²) in [5.41, 5.74) is 0.338. The highest BCUT2D eigenvalue weighted by Gasteiger charge is 2.31. The third-order valence-corrected chi connectivity index (χ3v) is 3.55. The van der Waals surface area contributed by atoms with E-state index in [4.69, 9.17) is 0 Å². The van der Waals surface area contributed by atoms with Crippen LogP contribution in [0.25, 0.3) is 0 Å². The fourth-order valence-electron chi connectivity index (χ4n) is 2.46. The van der Waals surface area contributed by atoms with Crippen LogP contribution in [0, 0.1) is 0 Å². The van der Waals surface area contributed by atoms with Crippen LogP contribution >= 0.6 is 0 Å². The van der Waals surface area contributed by atoms with Crippen LogP contribution in [-0.2, 0) is 6.18 Å². The molecule has 1 atom stereocenters. The monoisotopic (exact) mass is 282 g/mol. The van der Waals surface area contributed by atoms with Gasteiger partial charge in [-0.15, -0.1) is 0 Å². The molecule has 0 saturated carbocycles. The van der Waals surface area contributed by atoms with E-state index in [1.807, 2.05) is 11.0 Å². The average Bonchev–Trinajstić information content (AvgIpc) is 3.09. The van der Waals surface area contributed by atoms with E-state index in [9.17, 15) is 13.2 Å². The number of nitrogens with zero attached hydrogens (tertiary/aromatic N) is 3. The minimum atomic E-state index is -4.34. The zero-order chi connectivity index (χ0) is 14.2. The van der Waals surface area contributed by atoms with Crippen molar-refractivity contribution in [1.82, 2.24) is 15.2 Å².